The summed E-state index contributed by atoms with van der Waals surface area (Å²) in [4.78, 5) is 10.8. The van der Waals surface area contributed by atoms with Gasteiger partial charge in [0.05, 0.1) is 0 Å². The number of carbonyl (C=O) groups excluding carboxylic acids is 1. The second kappa shape index (κ2) is 15.9. The van der Waals surface area contributed by atoms with E-state index in [1.54, 1.807) is 0 Å². The van der Waals surface area contributed by atoms with E-state index in [1.807, 2.05) is 6.92 Å². The van der Waals surface area contributed by atoms with Crippen LogP contribution in [-0.2, 0) is 4.79 Å². The van der Waals surface area contributed by atoms with Crippen LogP contribution in [0.4, 0.5) is 0 Å². The van der Waals surface area contributed by atoms with Crippen molar-refractivity contribution < 1.29 is 4.79 Å². The predicted octanol–water partition coefficient (Wildman–Crippen LogP) is 2.32. The smallest absolute Gasteiger partial charge is 0.219 e. The second-order valence-corrected chi connectivity index (χ2v) is 3.37. The number of carbonyl (C=O) groups is 1. The van der Waals surface area contributed by atoms with Crippen LogP contribution in [0.25, 0.3) is 0 Å². The molecular formula is C12H28N2O. The largest absolute Gasteiger partial charge is 0.356 e. The standard InChI is InChI=1S/C8H17NO.C4H11N/c1-3-5-6-7-8(10)9-4-2;1-3-5-4-2/h3-7H2,1-2H3,(H,9,10);5H,3-4H2,1-2H3. The molecule has 1 amide bonds. The summed E-state index contributed by atoms with van der Waals surface area (Å²) in [6.07, 6.45) is 4.07. The van der Waals surface area contributed by atoms with Gasteiger partial charge in [0, 0.05) is 13.0 Å². The van der Waals surface area contributed by atoms with Crippen LogP contribution < -0.4 is 10.6 Å². The summed E-state index contributed by atoms with van der Waals surface area (Å²) in [7, 11) is 0. The van der Waals surface area contributed by atoms with Gasteiger partial charge < -0.3 is 10.6 Å². The third-order valence-corrected chi connectivity index (χ3v) is 1.88. The SMILES string of the molecule is CCCCCC(=O)NCC.CCNCC. The van der Waals surface area contributed by atoms with Crippen LogP contribution in [0.2, 0.25) is 0 Å². The third-order valence-electron chi connectivity index (χ3n) is 1.88. The van der Waals surface area contributed by atoms with Crippen LogP contribution in [0.15, 0.2) is 0 Å². The van der Waals surface area contributed by atoms with Gasteiger partial charge in [0.1, 0.15) is 0 Å². The van der Waals surface area contributed by atoms with Gasteiger partial charge in [-0.3, -0.25) is 4.79 Å². The lowest BCUT2D eigenvalue weighted by Crippen LogP contribution is -2.21. The van der Waals surface area contributed by atoms with Gasteiger partial charge in [-0.25, -0.2) is 0 Å². The normalized spacial score (nSPS) is 9.07. The number of nitrogens with one attached hydrogen (secondary N) is 2. The summed E-state index contributed by atoms with van der Waals surface area (Å²) in [6, 6.07) is 0. The van der Waals surface area contributed by atoms with Crippen molar-refractivity contribution in [3.8, 4) is 0 Å². The molecule has 0 saturated heterocycles. The molecule has 3 heteroatoms. The van der Waals surface area contributed by atoms with E-state index in [9.17, 15) is 4.79 Å². The van der Waals surface area contributed by atoms with Crippen molar-refractivity contribution >= 4 is 5.91 Å². The van der Waals surface area contributed by atoms with Crippen LogP contribution in [0.5, 0.6) is 0 Å². The average molecular weight is 216 g/mol. The van der Waals surface area contributed by atoms with E-state index >= 15 is 0 Å². The molecule has 0 atom stereocenters. The topological polar surface area (TPSA) is 41.1 Å². The molecule has 0 radical (unpaired) electrons. The molecule has 0 spiro atoms. The Morgan fingerprint density at radius 2 is 1.53 bits per heavy atom. The summed E-state index contributed by atoms with van der Waals surface area (Å²) >= 11 is 0. The molecule has 0 saturated carbocycles. The lowest BCUT2D eigenvalue weighted by molar-refractivity contribution is -0.121. The van der Waals surface area contributed by atoms with Crippen molar-refractivity contribution in [1.82, 2.24) is 10.6 Å². The van der Waals surface area contributed by atoms with Crippen LogP contribution >= 0.6 is 0 Å². The Hall–Kier alpha value is -0.570. The molecule has 0 fully saturated rings. The van der Waals surface area contributed by atoms with E-state index in [0.29, 0.717) is 6.42 Å². The molecule has 0 heterocycles. The monoisotopic (exact) mass is 216 g/mol. The number of rotatable bonds is 7. The average Bonchev–Trinajstić information content (AvgIpc) is 2.21. The zero-order chi connectivity index (χ0) is 11.9. The molecule has 0 aliphatic carbocycles. The molecule has 0 aliphatic rings. The summed E-state index contributed by atoms with van der Waals surface area (Å²) in [5.74, 6) is 0.191. The molecule has 0 bridgehead atoms. The van der Waals surface area contributed by atoms with E-state index in [2.05, 4.69) is 31.4 Å². The van der Waals surface area contributed by atoms with Gasteiger partial charge in [0.15, 0.2) is 0 Å². The van der Waals surface area contributed by atoms with Gasteiger partial charge in [-0.05, 0) is 26.4 Å². The molecule has 0 aromatic heterocycles. The fourth-order valence-electron chi connectivity index (χ4n) is 1.07. The highest BCUT2D eigenvalue weighted by atomic mass is 16.1. The number of hydrogen-bond acceptors (Lipinski definition) is 2. The maximum Gasteiger partial charge on any atom is 0.219 e. The van der Waals surface area contributed by atoms with E-state index in [4.69, 9.17) is 0 Å². The van der Waals surface area contributed by atoms with Crippen LogP contribution in [0, 0.1) is 0 Å². The van der Waals surface area contributed by atoms with E-state index < -0.39 is 0 Å². The Morgan fingerprint density at radius 3 is 1.87 bits per heavy atom. The first-order valence-electron chi connectivity index (χ1n) is 6.20. The van der Waals surface area contributed by atoms with Gasteiger partial charge in [-0.2, -0.15) is 0 Å². The summed E-state index contributed by atoms with van der Waals surface area (Å²) in [5, 5.41) is 5.88. The van der Waals surface area contributed by atoms with Gasteiger partial charge in [-0.1, -0.05) is 33.6 Å². The molecule has 3 nitrogen and oxygen atoms in total. The first-order valence-corrected chi connectivity index (χ1v) is 6.20. The minimum absolute atomic E-state index is 0.191. The molecule has 2 N–H and O–H groups in total. The molecule has 0 unspecified atom stereocenters. The predicted molar refractivity (Wildman–Crippen MR) is 67.0 cm³/mol. The fraction of sp³-hybridized carbons (Fsp3) is 0.917. The van der Waals surface area contributed by atoms with E-state index in [-0.39, 0.29) is 5.91 Å². The zero-order valence-electron chi connectivity index (χ0n) is 10.9. The zero-order valence-corrected chi connectivity index (χ0v) is 10.9. The molecule has 0 aliphatic heterocycles. The minimum atomic E-state index is 0.191. The van der Waals surface area contributed by atoms with Crippen LogP contribution in [0.1, 0.15) is 53.4 Å². The van der Waals surface area contributed by atoms with E-state index in [0.717, 1.165) is 32.5 Å². The Bertz CT molecular complexity index is 125. The van der Waals surface area contributed by atoms with Gasteiger partial charge in [-0.15, -0.1) is 0 Å². The van der Waals surface area contributed by atoms with Crippen molar-refractivity contribution in [3.05, 3.63) is 0 Å². The maximum absolute atomic E-state index is 10.8. The van der Waals surface area contributed by atoms with E-state index in [1.165, 1.54) is 6.42 Å². The quantitative estimate of drug-likeness (QED) is 0.641. The lowest BCUT2D eigenvalue weighted by atomic mass is 10.2. The highest BCUT2D eigenvalue weighted by molar-refractivity contribution is 5.75. The Kier molecular flexibility index (Phi) is 17.8. The maximum atomic E-state index is 10.8. The summed E-state index contributed by atoms with van der Waals surface area (Å²) in [6.45, 7) is 11.2. The lowest BCUT2D eigenvalue weighted by Gasteiger charge is -1.99. The van der Waals surface area contributed by atoms with Crippen molar-refractivity contribution in [3.63, 3.8) is 0 Å². The third kappa shape index (κ3) is 19.7. The molecule has 0 rings (SSSR count). The Labute approximate surface area is 95.0 Å². The highest BCUT2D eigenvalue weighted by Gasteiger charge is 1.96. The second-order valence-electron chi connectivity index (χ2n) is 3.37. The first-order chi connectivity index (χ1) is 7.22. The van der Waals surface area contributed by atoms with Crippen molar-refractivity contribution in [1.29, 1.82) is 0 Å². The van der Waals surface area contributed by atoms with Crippen LogP contribution in [-0.4, -0.2) is 25.5 Å². The molecule has 0 aromatic rings. The minimum Gasteiger partial charge on any atom is -0.356 e. The molecule has 92 valence electrons. The number of hydrogen-bond donors (Lipinski definition) is 2. The fourth-order valence-corrected chi connectivity index (χ4v) is 1.07. The van der Waals surface area contributed by atoms with Crippen LogP contribution in [0.3, 0.4) is 0 Å². The number of unbranched alkanes of at least 4 members (excludes halogenated alkanes) is 2. The van der Waals surface area contributed by atoms with Gasteiger partial charge >= 0.3 is 0 Å². The Morgan fingerprint density at radius 1 is 0.933 bits per heavy atom. The Balaban J connectivity index is 0. The van der Waals surface area contributed by atoms with Crippen molar-refractivity contribution in [2.45, 2.75) is 53.4 Å². The van der Waals surface area contributed by atoms with Gasteiger partial charge in [0.2, 0.25) is 5.91 Å². The summed E-state index contributed by atoms with van der Waals surface area (Å²) < 4.78 is 0. The first kappa shape index (κ1) is 16.8. The van der Waals surface area contributed by atoms with Gasteiger partial charge in [0.25, 0.3) is 0 Å². The molecule has 0 aromatic carbocycles. The van der Waals surface area contributed by atoms with Crippen molar-refractivity contribution in [2.75, 3.05) is 19.6 Å². The highest BCUT2D eigenvalue weighted by Crippen LogP contribution is 1.97. The molecule has 15 heavy (non-hydrogen) atoms. The number of amides is 1. The molecular weight excluding hydrogens is 188 g/mol. The van der Waals surface area contributed by atoms with Crippen molar-refractivity contribution in [2.24, 2.45) is 0 Å². The summed E-state index contributed by atoms with van der Waals surface area (Å²) in [5.41, 5.74) is 0.